The van der Waals surface area contributed by atoms with Crippen molar-refractivity contribution in [2.45, 2.75) is 6.04 Å². The predicted octanol–water partition coefficient (Wildman–Crippen LogP) is 0.568. The smallest absolute Gasteiger partial charge is 0.257 e. The molecule has 2 aromatic heterocycles. The summed E-state index contributed by atoms with van der Waals surface area (Å²) in [6.07, 6.45) is 6.41. The van der Waals surface area contributed by atoms with E-state index in [1.807, 2.05) is 6.20 Å². The van der Waals surface area contributed by atoms with E-state index in [1.165, 1.54) is 12.5 Å². The summed E-state index contributed by atoms with van der Waals surface area (Å²) in [6, 6.07) is 1.92. The average Bonchev–Trinajstić information content (AvgIpc) is 2.88. The standard InChI is InChI=1S/C10H10N4O2/c15-10(8-1-4-16-7-8)13-5-9(6-13)14-3-2-11-12-14/h1-4,7,9H,5-6H2. The molecule has 1 aliphatic heterocycles. The fraction of sp³-hybridized carbons (Fsp3) is 0.300. The minimum atomic E-state index is 0.00474. The van der Waals surface area contributed by atoms with Gasteiger partial charge in [0, 0.05) is 19.3 Å². The minimum absolute atomic E-state index is 0.00474. The predicted molar refractivity (Wildman–Crippen MR) is 53.7 cm³/mol. The van der Waals surface area contributed by atoms with Crippen LogP contribution in [0, 0.1) is 0 Å². The van der Waals surface area contributed by atoms with Gasteiger partial charge in [0.15, 0.2) is 0 Å². The number of likely N-dealkylation sites (tertiary alicyclic amines) is 1. The molecule has 0 saturated carbocycles. The van der Waals surface area contributed by atoms with Gasteiger partial charge in [0.05, 0.1) is 24.1 Å². The molecule has 1 saturated heterocycles. The van der Waals surface area contributed by atoms with Crippen molar-refractivity contribution in [1.82, 2.24) is 19.9 Å². The molecule has 6 nitrogen and oxygen atoms in total. The monoisotopic (exact) mass is 218 g/mol. The molecule has 0 bridgehead atoms. The lowest BCUT2D eigenvalue weighted by Crippen LogP contribution is -2.50. The summed E-state index contributed by atoms with van der Waals surface area (Å²) in [7, 11) is 0. The lowest BCUT2D eigenvalue weighted by Gasteiger charge is -2.38. The molecule has 1 aliphatic rings. The highest BCUT2D eigenvalue weighted by Crippen LogP contribution is 2.22. The third kappa shape index (κ3) is 1.39. The Labute approximate surface area is 91.5 Å². The van der Waals surface area contributed by atoms with Crippen molar-refractivity contribution in [1.29, 1.82) is 0 Å². The number of hydrogen-bond acceptors (Lipinski definition) is 4. The van der Waals surface area contributed by atoms with Gasteiger partial charge in [-0.2, -0.15) is 0 Å². The highest BCUT2D eigenvalue weighted by atomic mass is 16.3. The van der Waals surface area contributed by atoms with Gasteiger partial charge in [-0.1, -0.05) is 5.21 Å². The largest absolute Gasteiger partial charge is 0.472 e. The molecule has 0 aliphatic carbocycles. The van der Waals surface area contributed by atoms with Crippen LogP contribution >= 0.6 is 0 Å². The Morgan fingerprint density at radius 2 is 2.38 bits per heavy atom. The van der Waals surface area contributed by atoms with Gasteiger partial charge in [-0.05, 0) is 6.07 Å². The topological polar surface area (TPSA) is 64.2 Å². The molecule has 3 rings (SSSR count). The highest BCUT2D eigenvalue weighted by molar-refractivity contribution is 5.94. The number of amides is 1. The first kappa shape index (κ1) is 9.14. The van der Waals surface area contributed by atoms with Crippen molar-refractivity contribution >= 4 is 5.91 Å². The second-order valence-electron chi connectivity index (χ2n) is 3.76. The normalized spacial score (nSPS) is 16.1. The first-order chi connectivity index (χ1) is 7.84. The number of hydrogen-bond donors (Lipinski definition) is 0. The summed E-state index contributed by atoms with van der Waals surface area (Å²) in [5.41, 5.74) is 0.594. The first-order valence-corrected chi connectivity index (χ1v) is 5.02. The van der Waals surface area contributed by atoms with E-state index in [1.54, 1.807) is 21.8 Å². The van der Waals surface area contributed by atoms with Crippen LogP contribution in [0.1, 0.15) is 16.4 Å². The summed E-state index contributed by atoms with van der Waals surface area (Å²) in [4.78, 5) is 13.6. The summed E-state index contributed by atoms with van der Waals surface area (Å²) < 4.78 is 6.66. The summed E-state index contributed by atoms with van der Waals surface area (Å²) in [5, 5.41) is 7.64. The zero-order valence-electron chi connectivity index (χ0n) is 8.48. The number of furan rings is 1. The maximum Gasteiger partial charge on any atom is 0.257 e. The molecule has 0 atom stereocenters. The Kier molecular flexibility index (Phi) is 1.99. The van der Waals surface area contributed by atoms with E-state index in [-0.39, 0.29) is 11.9 Å². The van der Waals surface area contributed by atoms with Crippen LogP contribution in [0.5, 0.6) is 0 Å². The number of nitrogens with zero attached hydrogens (tertiary/aromatic N) is 4. The molecule has 1 fully saturated rings. The van der Waals surface area contributed by atoms with Gasteiger partial charge in [0.1, 0.15) is 6.26 Å². The second-order valence-corrected chi connectivity index (χ2v) is 3.76. The van der Waals surface area contributed by atoms with Gasteiger partial charge in [-0.25, -0.2) is 4.68 Å². The van der Waals surface area contributed by atoms with Gasteiger partial charge in [-0.15, -0.1) is 5.10 Å². The van der Waals surface area contributed by atoms with Crippen LogP contribution in [-0.4, -0.2) is 38.9 Å². The van der Waals surface area contributed by atoms with Gasteiger partial charge in [0.2, 0.25) is 0 Å². The lowest BCUT2D eigenvalue weighted by molar-refractivity contribution is 0.0497. The molecule has 6 heteroatoms. The third-order valence-corrected chi connectivity index (χ3v) is 2.73. The summed E-state index contributed by atoms with van der Waals surface area (Å²) in [6.45, 7) is 1.35. The molecule has 0 unspecified atom stereocenters. The Morgan fingerprint density at radius 1 is 1.50 bits per heavy atom. The van der Waals surface area contributed by atoms with E-state index in [0.29, 0.717) is 18.7 Å². The quantitative estimate of drug-likeness (QED) is 0.739. The molecule has 0 spiro atoms. The third-order valence-electron chi connectivity index (χ3n) is 2.73. The SMILES string of the molecule is O=C(c1ccoc1)N1CC(n2ccnn2)C1. The molecule has 0 N–H and O–H groups in total. The van der Waals surface area contributed by atoms with Crippen molar-refractivity contribution in [3.05, 3.63) is 36.5 Å². The fourth-order valence-corrected chi connectivity index (χ4v) is 1.77. The molecule has 0 radical (unpaired) electrons. The Balaban J connectivity index is 1.64. The zero-order chi connectivity index (χ0) is 11.0. The van der Waals surface area contributed by atoms with Crippen molar-refractivity contribution < 1.29 is 9.21 Å². The van der Waals surface area contributed by atoms with E-state index in [4.69, 9.17) is 4.42 Å². The van der Waals surface area contributed by atoms with Crippen LogP contribution < -0.4 is 0 Å². The van der Waals surface area contributed by atoms with Gasteiger partial charge >= 0.3 is 0 Å². The first-order valence-electron chi connectivity index (χ1n) is 5.02. The fourth-order valence-electron chi connectivity index (χ4n) is 1.77. The van der Waals surface area contributed by atoms with Gasteiger partial charge < -0.3 is 9.32 Å². The molecular formula is C10H10N4O2. The van der Waals surface area contributed by atoms with Crippen molar-refractivity contribution in [3.63, 3.8) is 0 Å². The summed E-state index contributed by atoms with van der Waals surface area (Å²) in [5.74, 6) is 0.00474. The maximum absolute atomic E-state index is 11.8. The lowest BCUT2D eigenvalue weighted by atomic mass is 10.1. The highest BCUT2D eigenvalue weighted by Gasteiger charge is 2.33. The average molecular weight is 218 g/mol. The number of carbonyl (C=O) groups is 1. The number of carbonyl (C=O) groups excluding carboxylic acids is 1. The van der Waals surface area contributed by atoms with E-state index in [2.05, 4.69) is 10.3 Å². The van der Waals surface area contributed by atoms with E-state index in [9.17, 15) is 4.79 Å². The minimum Gasteiger partial charge on any atom is -0.472 e. The second kappa shape index (κ2) is 3.48. The van der Waals surface area contributed by atoms with Crippen LogP contribution in [0.15, 0.2) is 35.4 Å². The van der Waals surface area contributed by atoms with Crippen LogP contribution in [0.2, 0.25) is 0 Å². The van der Waals surface area contributed by atoms with Crippen LogP contribution in [-0.2, 0) is 0 Å². The van der Waals surface area contributed by atoms with Gasteiger partial charge in [0.25, 0.3) is 5.91 Å². The van der Waals surface area contributed by atoms with E-state index < -0.39 is 0 Å². The molecule has 3 heterocycles. The van der Waals surface area contributed by atoms with Crippen molar-refractivity contribution in [2.24, 2.45) is 0 Å². The van der Waals surface area contributed by atoms with Gasteiger partial charge in [-0.3, -0.25) is 4.79 Å². The van der Waals surface area contributed by atoms with E-state index >= 15 is 0 Å². The molecule has 2 aromatic rings. The molecule has 1 amide bonds. The Morgan fingerprint density at radius 3 is 3.00 bits per heavy atom. The van der Waals surface area contributed by atoms with Crippen molar-refractivity contribution in [3.8, 4) is 0 Å². The Bertz CT molecular complexity index is 471. The maximum atomic E-state index is 11.8. The molecular weight excluding hydrogens is 208 g/mol. The van der Waals surface area contributed by atoms with Crippen LogP contribution in [0.3, 0.4) is 0 Å². The van der Waals surface area contributed by atoms with E-state index in [0.717, 1.165) is 0 Å². The molecule has 82 valence electrons. The summed E-state index contributed by atoms with van der Waals surface area (Å²) >= 11 is 0. The van der Waals surface area contributed by atoms with Crippen LogP contribution in [0.4, 0.5) is 0 Å². The molecule has 16 heavy (non-hydrogen) atoms. The zero-order valence-corrected chi connectivity index (χ0v) is 8.48. The molecule has 0 aromatic carbocycles. The van der Waals surface area contributed by atoms with Crippen LogP contribution in [0.25, 0.3) is 0 Å². The van der Waals surface area contributed by atoms with Crippen molar-refractivity contribution in [2.75, 3.05) is 13.1 Å². The number of aromatic nitrogens is 3. The Hall–Kier alpha value is -2.11. The number of rotatable bonds is 2.